The van der Waals surface area contributed by atoms with E-state index in [0.717, 1.165) is 30.6 Å². The van der Waals surface area contributed by atoms with Gasteiger partial charge in [0.15, 0.2) is 0 Å². The summed E-state index contributed by atoms with van der Waals surface area (Å²) in [5, 5.41) is 6.43. The van der Waals surface area contributed by atoms with Crippen molar-refractivity contribution in [3.05, 3.63) is 29.3 Å². The van der Waals surface area contributed by atoms with Gasteiger partial charge in [-0.3, -0.25) is 4.79 Å². The van der Waals surface area contributed by atoms with Gasteiger partial charge in [-0.25, -0.2) is 0 Å². The van der Waals surface area contributed by atoms with Gasteiger partial charge in [0.25, 0.3) is 5.91 Å². The maximum absolute atomic E-state index is 12.5. The van der Waals surface area contributed by atoms with Crippen molar-refractivity contribution in [1.82, 2.24) is 5.32 Å². The van der Waals surface area contributed by atoms with Gasteiger partial charge in [0.1, 0.15) is 0 Å². The van der Waals surface area contributed by atoms with Gasteiger partial charge >= 0.3 is 0 Å². The molecule has 20 heavy (non-hydrogen) atoms. The SMILES string of the molecule is CCCNc1ccc(C)cc1C(=O)NC1(C)CCOC1. The summed E-state index contributed by atoms with van der Waals surface area (Å²) >= 11 is 0. The summed E-state index contributed by atoms with van der Waals surface area (Å²) < 4.78 is 5.39. The Morgan fingerprint density at radius 2 is 2.25 bits per heavy atom. The number of nitrogens with one attached hydrogen (secondary N) is 2. The van der Waals surface area contributed by atoms with Crippen LogP contribution in [0.2, 0.25) is 0 Å². The van der Waals surface area contributed by atoms with E-state index >= 15 is 0 Å². The Bertz CT molecular complexity index is 479. The summed E-state index contributed by atoms with van der Waals surface area (Å²) in [6.45, 7) is 8.31. The number of anilines is 1. The van der Waals surface area contributed by atoms with Gasteiger partial charge in [0.2, 0.25) is 0 Å². The van der Waals surface area contributed by atoms with Crippen molar-refractivity contribution in [1.29, 1.82) is 0 Å². The molecule has 1 aliphatic rings. The number of benzene rings is 1. The molecule has 0 radical (unpaired) electrons. The number of hydrogen-bond donors (Lipinski definition) is 2. The van der Waals surface area contributed by atoms with E-state index < -0.39 is 0 Å². The van der Waals surface area contributed by atoms with Crippen molar-refractivity contribution in [2.24, 2.45) is 0 Å². The summed E-state index contributed by atoms with van der Waals surface area (Å²) in [5.41, 5.74) is 2.46. The standard InChI is InChI=1S/C16H24N2O2/c1-4-8-17-14-6-5-12(2)10-13(14)15(19)18-16(3)7-9-20-11-16/h5-6,10,17H,4,7-9,11H2,1-3H3,(H,18,19). The highest BCUT2D eigenvalue weighted by Crippen LogP contribution is 2.22. The molecule has 2 rings (SSSR count). The monoisotopic (exact) mass is 276 g/mol. The molecular weight excluding hydrogens is 252 g/mol. The van der Waals surface area contributed by atoms with Crippen molar-refractivity contribution in [3.63, 3.8) is 0 Å². The Labute approximate surface area is 120 Å². The predicted octanol–water partition coefficient (Wildman–Crippen LogP) is 2.73. The van der Waals surface area contributed by atoms with E-state index in [1.807, 2.05) is 32.0 Å². The Kier molecular flexibility index (Phi) is 4.65. The maximum Gasteiger partial charge on any atom is 0.253 e. The average Bonchev–Trinajstić information content (AvgIpc) is 2.83. The molecule has 4 nitrogen and oxygen atoms in total. The van der Waals surface area contributed by atoms with Crippen LogP contribution in [0.3, 0.4) is 0 Å². The molecule has 0 bridgehead atoms. The van der Waals surface area contributed by atoms with E-state index in [1.165, 1.54) is 0 Å². The van der Waals surface area contributed by atoms with Gasteiger partial charge in [0.05, 0.1) is 17.7 Å². The second kappa shape index (κ2) is 6.27. The van der Waals surface area contributed by atoms with E-state index in [2.05, 4.69) is 17.6 Å². The first-order valence-electron chi connectivity index (χ1n) is 7.29. The van der Waals surface area contributed by atoms with Crippen molar-refractivity contribution >= 4 is 11.6 Å². The summed E-state index contributed by atoms with van der Waals surface area (Å²) in [4.78, 5) is 12.5. The Morgan fingerprint density at radius 1 is 1.45 bits per heavy atom. The normalized spacial score (nSPS) is 21.8. The summed E-state index contributed by atoms with van der Waals surface area (Å²) in [5.74, 6) is -0.0275. The van der Waals surface area contributed by atoms with Crippen molar-refractivity contribution in [2.75, 3.05) is 25.1 Å². The predicted molar refractivity (Wildman–Crippen MR) is 81.3 cm³/mol. The van der Waals surface area contributed by atoms with Crippen LogP contribution in [0.5, 0.6) is 0 Å². The smallest absolute Gasteiger partial charge is 0.253 e. The average molecular weight is 276 g/mol. The minimum atomic E-state index is -0.247. The number of ether oxygens (including phenoxy) is 1. The van der Waals surface area contributed by atoms with E-state index in [-0.39, 0.29) is 11.4 Å². The minimum absolute atomic E-state index is 0.0275. The lowest BCUT2D eigenvalue weighted by molar-refractivity contribution is 0.0890. The highest BCUT2D eigenvalue weighted by Gasteiger charge is 2.32. The second-order valence-corrected chi connectivity index (χ2v) is 5.79. The van der Waals surface area contributed by atoms with Gasteiger partial charge in [0, 0.05) is 18.8 Å². The lowest BCUT2D eigenvalue weighted by Crippen LogP contribution is -2.46. The number of hydrogen-bond acceptors (Lipinski definition) is 3. The van der Waals surface area contributed by atoms with Gasteiger partial charge in [-0.2, -0.15) is 0 Å². The molecule has 1 aromatic rings. The molecule has 4 heteroatoms. The van der Waals surface area contributed by atoms with E-state index in [9.17, 15) is 4.79 Å². The lowest BCUT2D eigenvalue weighted by atomic mass is 10.00. The lowest BCUT2D eigenvalue weighted by Gasteiger charge is -2.24. The molecule has 0 saturated carbocycles. The zero-order valence-electron chi connectivity index (χ0n) is 12.6. The molecule has 1 saturated heterocycles. The van der Waals surface area contributed by atoms with Crippen molar-refractivity contribution in [3.8, 4) is 0 Å². The summed E-state index contributed by atoms with van der Waals surface area (Å²) in [6, 6.07) is 5.94. The molecule has 1 unspecified atom stereocenters. The Balaban J connectivity index is 2.17. The molecule has 1 fully saturated rings. The fraction of sp³-hybridized carbons (Fsp3) is 0.562. The molecule has 1 heterocycles. The number of aryl methyl sites for hydroxylation is 1. The van der Waals surface area contributed by atoms with Crippen LogP contribution < -0.4 is 10.6 Å². The van der Waals surface area contributed by atoms with Crippen LogP contribution >= 0.6 is 0 Å². The quantitative estimate of drug-likeness (QED) is 0.869. The molecular formula is C16H24N2O2. The number of carbonyl (C=O) groups is 1. The van der Waals surface area contributed by atoms with Crippen LogP contribution in [0.15, 0.2) is 18.2 Å². The van der Waals surface area contributed by atoms with E-state index in [0.29, 0.717) is 18.8 Å². The van der Waals surface area contributed by atoms with Crippen LogP contribution in [0.4, 0.5) is 5.69 Å². The Hall–Kier alpha value is -1.55. The largest absolute Gasteiger partial charge is 0.384 e. The topological polar surface area (TPSA) is 50.4 Å². The molecule has 1 aliphatic heterocycles. The van der Waals surface area contributed by atoms with Crippen molar-refractivity contribution in [2.45, 2.75) is 39.2 Å². The molecule has 110 valence electrons. The molecule has 1 amide bonds. The fourth-order valence-electron chi connectivity index (χ4n) is 2.37. The van der Waals surface area contributed by atoms with Gasteiger partial charge in [-0.05, 0) is 38.8 Å². The molecule has 1 aromatic carbocycles. The molecule has 0 aromatic heterocycles. The summed E-state index contributed by atoms with van der Waals surface area (Å²) in [6.07, 6.45) is 1.89. The molecule has 0 aliphatic carbocycles. The zero-order valence-corrected chi connectivity index (χ0v) is 12.6. The number of carbonyl (C=O) groups excluding carboxylic acids is 1. The fourth-order valence-corrected chi connectivity index (χ4v) is 2.37. The summed E-state index contributed by atoms with van der Waals surface area (Å²) in [7, 11) is 0. The first-order chi connectivity index (χ1) is 9.54. The number of rotatable bonds is 5. The zero-order chi connectivity index (χ0) is 14.6. The van der Waals surface area contributed by atoms with Gasteiger partial charge in [-0.1, -0.05) is 18.6 Å². The third kappa shape index (κ3) is 3.51. The molecule has 0 spiro atoms. The molecule has 1 atom stereocenters. The van der Waals surface area contributed by atoms with Crippen molar-refractivity contribution < 1.29 is 9.53 Å². The minimum Gasteiger partial charge on any atom is -0.384 e. The van der Waals surface area contributed by atoms with Crippen LogP contribution in [0.25, 0.3) is 0 Å². The van der Waals surface area contributed by atoms with Gasteiger partial charge < -0.3 is 15.4 Å². The first kappa shape index (κ1) is 14.9. The third-order valence-corrected chi connectivity index (χ3v) is 3.62. The van der Waals surface area contributed by atoms with Crippen LogP contribution in [-0.2, 0) is 4.74 Å². The Morgan fingerprint density at radius 3 is 2.90 bits per heavy atom. The third-order valence-electron chi connectivity index (χ3n) is 3.62. The first-order valence-corrected chi connectivity index (χ1v) is 7.29. The maximum atomic E-state index is 12.5. The highest BCUT2D eigenvalue weighted by atomic mass is 16.5. The van der Waals surface area contributed by atoms with E-state index in [1.54, 1.807) is 0 Å². The van der Waals surface area contributed by atoms with Gasteiger partial charge in [-0.15, -0.1) is 0 Å². The molecule has 2 N–H and O–H groups in total. The van der Waals surface area contributed by atoms with Crippen LogP contribution in [0, 0.1) is 6.92 Å². The van der Waals surface area contributed by atoms with Crippen LogP contribution in [-0.4, -0.2) is 31.2 Å². The van der Waals surface area contributed by atoms with Crippen LogP contribution in [0.1, 0.15) is 42.6 Å². The second-order valence-electron chi connectivity index (χ2n) is 5.79. The number of amides is 1. The highest BCUT2D eigenvalue weighted by molar-refractivity contribution is 6.00. The van der Waals surface area contributed by atoms with E-state index in [4.69, 9.17) is 4.74 Å².